The van der Waals surface area contributed by atoms with Crippen LogP contribution in [0.15, 0.2) is 64.3 Å². The lowest BCUT2D eigenvalue weighted by Gasteiger charge is -2.09. The van der Waals surface area contributed by atoms with Gasteiger partial charge >= 0.3 is 0 Å². The SMILES string of the molecule is Cc1cccc(-n2c(SCc3cc(C)no3)nc3ccccc32)c1. The highest BCUT2D eigenvalue weighted by atomic mass is 32.2. The van der Waals surface area contributed by atoms with Gasteiger partial charge in [-0.2, -0.15) is 0 Å². The molecular formula is C19H17N3OS. The lowest BCUT2D eigenvalue weighted by atomic mass is 10.2. The van der Waals surface area contributed by atoms with Crippen LogP contribution in [-0.2, 0) is 5.75 Å². The summed E-state index contributed by atoms with van der Waals surface area (Å²) >= 11 is 1.66. The molecule has 0 unspecified atom stereocenters. The van der Waals surface area contributed by atoms with E-state index in [1.165, 1.54) is 5.56 Å². The summed E-state index contributed by atoms with van der Waals surface area (Å²) in [6, 6.07) is 18.7. The van der Waals surface area contributed by atoms with E-state index in [1.54, 1.807) is 11.8 Å². The van der Waals surface area contributed by atoms with E-state index >= 15 is 0 Å². The fourth-order valence-electron chi connectivity index (χ4n) is 2.74. The predicted octanol–water partition coefficient (Wildman–Crippen LogP) is 4.92. The summed E-state index contributed by atoms with van der Waals surface area (Å²) in [7, 11) is 0. The Bertz CT molecular complexity index is 1000. The van der Waals surface area contributed by atoms with Gasteiger partial charge in [0.2, 0.25) is 0 Å². The van der Waals surface area contributed by atoms with E-state index in [1.807, 2.05) is 31.2 Å². The highest BCUT2D eigenvalue weighted by molar-refractivity contribution is 7.98. The molecule has 0 atom stereocenters. The molecular weight excluding hydrogens is 318 g/mol. The molecule has 0 aliphatic heterocycles. The van der Waals surface area contributed by atoms with Crippen molar-refractivity contribution in [2.45, 2.75) is 24.8 Å². The average molecular weight is 335 g/mol. The first-order chi connectivity index (χ1) is 11.7. The molecule has 0 aliphatic carbocycles. The Kier molecular flexibility index (Phi) is 3.86. The summed E-state index contributed by atoms with van der Waals surface area (Å²) in [5.41, 5.74) is 5.36. The topological polar surface area (TPSA) is 43.9 Å². The minimum absolute atomic E-state index is 0.704. The molecule has 0 spiro atoms. The Balaban J connectivity index is 1.78. The molecule has 4 nitrogen and oxygen atoms in total. The van der Waals surface area contributed by atoms with Gasteiger partial charge in [0.15, 0.2) is 5.16 Å². The van der Waals surface area contributed by atoms with Crippen LogP contribution in [0.3, 0.4) is 0 Å². The smallest absolute Gasteiger partial charge is 0.174 e. The number of imidazole rings is 1. The third kappa shape index (κ3) is 2.83. The molecule has 4 aromatic rings. The highest BCUT2D eigenvalue weighted by Gasteiger charge is 2.14. The van der Waals surface area contributed by atoms with Gasteiger partial charge in [-0.25, -0.2) is 4.98 Å². The lowest BCUT2D eigenvalue weighted by molar-refractivity contribution is 0.391. The van der Waals surface area contributed by atoms with Crippen LogP contribution in [0.2, 0.25) is 0 Å². The maximum atomic E-state index is 5.32. The van der Waals surface area contributed by atoms with Gasteiger partial charge in [0, 0.05) is 11.8 Å². The van der Waals surface area contributed by atoms with Crippen molar-refractivity contribution < 1.29 is 4.52 Å². The van der Waals surface area contributed by atoms with Gasteiger partial charge in [0.25, 0.3) is 0 Å². The maximum absolute atomic E-state index is 5.32. The summed E-state index contributed by atoms with van der Waals surface area (Å²) in [6.45, 7) is 4.03. The molecule has 0 aliphatic rings. The zero-order valence-corrected chi connectivity index (χ0v) is 14.4. The number of hydrogen-bond donors (Lipinski definition) is 0. The molecule has 0 saturated carbocycles. The molecule has 2 aromatic carbocycles. The van der Waals surface area contributed by atoms with Gasteiger partial charge in [-0.15, -0.1) is 0 Å². The zero-order valence-electron chi connectivity index (χ0n) is 13.6. The van der Waals surface area contributed by atoms with Crippen LogP contribution in [0.25, 0.3) is 16.7 Å². The van der Waals surface area contributed by atoms with Crippen molar-refractivity contribution in [3.63, 3.8) is 0 Å². The summed E-state index contributed by atoms with van der Waals surface area (Å²) in [5.74, 6) is 1.57. The number of para-hydroxylation sites is 2. The number of aromatic nitrogens is 3. The fraction of sp³-hybridized carbons (Fsp3) is 0.158. The molecule has 0 radical (unpaired) electrons. The summed E-state index contributed by atoms with van der Waals surface area (Å²) < 4.78 is 7.52. The first kappa shape index (κ1) is 15.0. The zero-order chi connectivity index (χ0) is 16.5. The van der Waals surface area contributed by atoms with Crippen molar-refractivity contribution in [1.29, 1.82) is 0 Å². The number of nitrogens with zero attached hydrogens (tertiary/aromatic N) is 3. The van der Waals surface area contributed by atoms with Crippen molar-refractivity contribution in [3.05, 3.63) is 71.6 Å². The Morgan fingerprint density at radius 3 is 2.71 bits per heavy atom. The van der Waals surface area contributed by atoms with E-state index < -0.39 is 0 Å². The Hall–Kier alpha value is -2.53. The molecule has 5 heteroatoms. The number of fused-ring (bicyclic) bond motifs is 1. The highest BCUT2D eigenvalue weighted by Crippen LogP contribution is 2.30. The standard InChI is InChI=1S/C19H17N3OS/c1-13-6-5-7-15(10-13)22-18-9-4-3-8-17(18)20-19(22)24-12-16-11-14(2)21-23-16/h3-11H,12H2,1-2H3. The van der Waals surface area contributed by atoms with Crippen molar-refractivity contribution in [3.8, 4) is 5.69 Å². The van der Waals surface area contributed by atoms with Crippen LogP contribution >= 0.6 is 11.8 Å². The molecule has 0 N–H and O–H groups in total. The minimum atomic E-state index is 0.704. The molecule has 0 saturated heterocycles. The van der Waals surface area contributed by atoms with E-state index in [-0.39, 0.29) is 0 Å². The molecule has 120 valence electrons. The summed E-state index contributed by atoms with van der Waals surface area (Å²) in [6.07, 6.45) is 0. The minimum Gasteiger partial charge on any atom is -0.360 e. The van der Waals surface area contributed by atoms with Crippen LogP contribution in [0, 0.1) is 13.8 Å². The molecule has 0 amide bonds. The molecule has 4 rings (SSSR count). The van der Waals surface area contributed by atoms with Gasteiger partial charge in [-0.3, -0.25) is 4.57 Å². The largest absolute Gasteiger partial charge is 0.360 e. The first-order valence-electron chi connectivity index (χ1n) is 7.80. The van der Waals surface area contributed by atoms with Gasteiger partial charge in [-0.05, 0) is 43.7 Å². The van der Waals surface area contributed by atoms with Crippen LogP contribution in [0.5, 0.6) is 0 Å². The van der Waals surface area contributed by atoms with Gasteiger partial charge in [0.1, 0.15) is 5.76 Å². The second kappa shape index (κ2) is 6.17. The monoisotopic (exact) mass is 335 g/mol. The number of thioether (sulfide) groups is 1. The normalized spacial score (nSPS) is 11.2. The van der Waals surface area contributed by atoms with Gasteiger partial charge in [0.05, 0.1) is 22.5 Å². The van der Waals surface area contributed by atoms with Crippen LogP contribution in [0.1, 0.15) is 17.0 Å². The summed E-state index contributed by atoms with van der Waals surface area (Å²) in [5, 5.41) is 4.90. The molecule has 2 aromatic heterocycles. The van der Waals surface area contributed by atoms with Crippen molar-refractivity contribution in [2.24, 2.45) is 0 Å². The average Bonchev–Trinajstić information content (AvgIpc) is 3.16. The summed E-state index contributed by atoms with van der Waals surface area (Å²) in [4.78, 5) is 4.80. The van der Waals surface area contributed by atoms with Crippen molar-refractivity contribution in [1.82, 2.24) is 14.7 Å². The maximum Gasteiger partial charge on any atom is 0.174 e. The van der Waals surface area contributed by atoms with Crippen molar-refractivity contribution in [2.75, 3.05) is 0 Å². The van der Waals surface area contributed by atoms with Crippen molar-refractivity contribution >= 4 is 22.8 Å². The van der Waals surface area contributed by atoms with Gasteiger partial charge < -0.3 is 4.52 Å². The quantitative estimate of drug-likeness (QED) is 0.496. The van der Waals surface area contributed by atoms with E-state index in [2.05, 4.69) is 47.0 Å². The first-order valence-corrected chi connectivity index (χ1v) is 8.79. The number of rotatable bonds is 4. The molecule has 0 fully saturated rings. The third-order valence-electron chi connectivity index (χ3n) is 3.81. The number of hydrogen-bond acceptors (Lipinski definition) is 4. The second-order valence-corrected chi connectivity index (χ2v) is 6.72. The van der Waals surface area contributed by atoms with Crippen LogP contribution in [-0.4, -0.2) is 14.7 Å². The predicted molar refractivity (Wildman–Crippen MR) is 96.6 cm³/mol. The Morgan fingerprint density at radius 1 is 1.04 bits per heavy atom. The van der Waals surface area contributed by atoms with E-state index in [9.17, 15) is 0 Å². The molecule has 0 bridgehead atoms. The Morgan fingerprint density at radius 2 is 1.92 bits per heavy atom. The number of benzene rings is 2. The Labute approximate surface area is 144 Å². The second-order valence-electron chi connectivity index (χ2n) is 5.78. The van der Waals surface area contributed by atoms with Gasteiger partial charge in [-0.1, -0.05) is 41.2 Å². The molecule has 24 heavy (non-hydrogen) atoms. The van der Waals surface area contributed by atoms with Crippen LogP contribution in [0.4, 0.5) is 0 Å². The third-order valence-corrected chi connectivity index (χ3v) is 4.77. The number of aryl methyl sites for hydroxylation is 2. The van der Waals surface area contributed by atoms with Crippen LogP contribution < -0.4 is 0 Å². The fourth-order valence-corrected chi connectivity index (χ4v) is 3.64. The van der Waals surface area contributed by atoms with E-state index in [4.69, 9.17) is 9.51 Å². The lowest BCUT2D eigenvalue weighted by Crippen LogP contribution is -1.97. The molecule has 2 heterocycles. The van der Waals surface area contributed by atoms with E-state index in [0.717, 1.165) is 33.3 Å². The van der Waals surface area contributed by atoms with E-state index in [0.29, 0.717) is 5.75 Å².